The first kappa shape index (κ1) is 7.98. The van der Waals surface area contributed by atoms with Gasteiger partial charge in [0.2, 0.25) is 0 Å². The molecule has 0 aromatic rings. The third kappa shape index (κ3) is 1.48. The van der Waals surface area contributed by atoms with Crippen molar-refractivity contribution in [2.45, 2.75) is 19.9 Å². The maximum absolute atomic E-state index is 5.74. The molecule has 1 rings (SSSR count). The van der Waals surface area contributed by atoms with E-state index in [1.807, 2.05) is 6.92 Å². The van der Waals surface area contributed by atoms with Crippen molar-refractivity contribution in [2.24, 2.45) is 11.1 Å². The first-order valence-corrected chi connectivity index (χ1v) is 3.56. The van der Waals surface area contributed by atoms with E-state index < -0.39 is 0 Å². The quantitative estimate of drug-likeness (QED) is 0.579. The normalized spacial score (nSPS) is 27.9. The van der Waals surface area contributed by atoms with Gasteiger partial charge in [-0.2, -0.15) is 0 Å². The van der Waals surface area contributed by atoms with Gasteiger partial charge in [-0.3, -0.25) is 0 Å². The Labute approximate surface area is 61.5 Å². The molecule has 3 heteroatoms. The van der Waals surface area contributed by atoms with Crippen LogP contribution in [0.25, 0.3) is 0 Å². The predicted molar refractivity (Wildman–Crippen MR) is 38.5 cm³/mol. The molecule has 60 valence electrons. The molecule has 0 bridgehead atoms. The zero-order valence-electron chi connectivity index (χ0n) is 6.59. The molecule has 1 saturated heterocycles. The molecule has 3 nitrogen and oxygen atoms in total. The van der Waals surface area contributed by atoms with Crippen LogP contribution in [0.1, 0.15) is 13.8 Å². The van der Waals surface area contributed by atoms with E-state index in [0.29, 0.717) is 20.0 Å². The summed E-state index contributed by atoms with van der Waals surface area (Å²) in [6.07, 6.45) is 0. The maximum atomic E-state index is 5.74. The largest absolute Gasteiger partial charge is 0.355 e. The van der Waals surface area contributed by atoms with Crippen molar-refractivity contribution < 1.29 is 9.47 Å². The lowest BCUT2D eigenvalue weighted by molar-refractivity contribution is -0.163. The molecule has 1 aliphatic heterocycles. The third-order valence-corrected chi connectivity index (χ3v) is 2.13. The predicted octanol–water partition coefficient (Wildman–Crippen LogP) is 0.344. The standard InChI is InChI=1S/C7H15NO2/c1-6(8)7(2)3-9-5-10-4-7/h6H,3-5,8H2,1-2H3/t6-/m0/s1. The summed E-state index contributed by atoms with van der Waals surface area (Å²) in [4.78, 5) is 0. The minimum absolute atomic E-state index is 0.0122. The van der Waals surface area contributed by atoms with Gasteiger partial charge >= 0.3 is 0 Å². The molecule has 0 saturated carbocycles. The summed E-state index contributed by atoms with van der Waals surface area (Å²) in [7, 11) is 0. The molecule has 0 radical (unpaired) electrons. The number of nitrogens with two attached hydrogens (primary N) is 1. The highest BCUT2D eigenvalue weighted by Crippen LogP contribution is 2.23. The lowest BCUT2D eigenvalue weighted by Crippen LogP contribution is -2.47. The first-order chi connectivity index (χ1) is 4.65. The minimum Gasteiger partial charge on any atom is -0.355 e. The summed E-state index contributed by atoms with van der Waals surface area (Å²) in [6.45, 7) is 5.91. The highest BCUT2D eigenvalue weighted by Gasteiger charge is 2.32. The third-order valence-electron chi connectivity index (χ3n) is 2.13. The van der Waals surface area contributed by atoms with Gasteiger partial charge in [-0.15, -0.1) is 0 Å². The van der Waals surface area contributed by atoms with Crippen LogP contribution in [0.15, 0.2) is 0 Å². The molecule has 1 atom stereocenters. The summed E-state index contributed by atoms with van der Waals surface area (Å²) < 4.78 is 10.3. The van der Waals surface area contributed by atoms with Crippen molar-refractivity contribution in [2.75, 3.05) is 20.0 Å². The lowest BCUT2D eigenvalue weighted by atomic mass is 9.85. The molecule has 0 aromatic heterocycles. The van der Waals surface area contributed by atoms with Crippen molar-refractivity contribution in [1.29, 1.82) is 0 Å². The van der Waals surface area contributed by atoms with Gasteiger partial charge in [-0.1, -0.05) is 6.92 Å². The molecule has 1 heterocycles. The molecule has 1 fully saturated rings. The SMILES string of the molecule is C[C@H](N)C1(C)COCOC1. The Bertz CT molecular complexity index is 108. The summed E-state index contributed by atoms with van der Waals surface area (Å²) in [5.74, 6) is 0. The van der Waals surface area contributed by atoms with E-state index in [9.17, 15) is 0 Å². The molecule has 2 N–H and O–H groups in total. The van der Waals surface area contributed by atoms with E-state index in [1.165, 1.54) is 0 Å². The Morgan fingerprint density at radius 3 is 2.20 bits per heavy atom. The van der Waals surface area contributed by atoms with Crippen molar-refractivity contribution in [3.8, 4) is 0 Å². The average molecular weight is 145 g/mol. The van der Waals surface area contributed by atoms with Crippen LogP contribution in [0, 0.1) is 5.41 Å². The topological polar surface area (TPSA) is 44.5 Å². The van der Waals surface area contributed by atoms with E-state index in [4.69, 9.17) is 15.2 Å². The fraction of sp³-hybridized carbons (Fsp3) is 1.00. The van der Waals surface area contributed by atoms with Crippen molar-refractivity contribution >= 4 is 0 Å². The molecule has 10 heavy (non-hydrogen) atoms. The minimum atomic E-state index is 0.0122. The van der Waals surface area contributed by atoms with Crippen LogP contribution in [-0.4, -0.2) is 26.0 Å². The second-order valence-electron chi connectivity index (χ2n) is 3.26. The van der Waals surface area contributed by atoms with Crippen LogP contribution in [0.4, 0.5) is 0 Å². The summed E-state index contributed by atoms with van der Waals surface area (Å²) in [5.41, 5.74) is 5.75. The van der Waals surface area contributed by atoms with E-state index >= 15 is 0 Å². The Balaban J connectivity index is 2.48. The van der Waals surface area contributed by atoms with Crippen LogP contribution >= 0.6 is 0 Å². The second-order valence-corrected chi connectivity index (χ2v) is 3.26. The fourth-order valence-corrected chi connectivity index (χ4v) is 0.913. The molecule has 0 spiro atoms. The molecular formula is C7H15NO2. The van der Waals surface area contributed by atoms with Gasteiger partial charge in [0.05, 0.1) is 13.2 Å². The van der Waals surface area contributed by atoms with Gasteiger partial charge in [-0.25, -0.2) is 0 Å². The van der Waals surface area contributed by atoms with Gasteiger partial charge in [-0.05, 0) is 6.92 Å². The Morgan fingerprint density at radius 2 is 1.90 bits per heavy atom. The van der Waals surface area contributed by atoms with E-state index in [0.717, 1.165) is 0 Å². The van der Waals surface area contributed by atoms with Gasteiger partial charge in [0.25, 0.3) is 0 Å². The van der Waals surface area contributed by atoms with Crippen molar-refractivity contribution in [3.63, 3.8) is 0 Å². The van der Waals surface area contributed by atoms with Crippen LogP contribution in [-0.2, 0) is 9.47 Å². The van der Waals surface area contributed by atoms with Gasteiger partial charge in [0, 0.05) is 11.5 Å². The molecule has 0 aromatic carbocycles. The van der Waals surface area contributed by atoms with E-state index in [2.05, 4.69) is 6.92 Å². The Hall–Kier alpha value is -0.120. The van der Waals surface area contributed by atoms with Gasteiger partial charge < -0.3 is 15.2 Å². The Kier molecular flexibility index (Phi) is 2.28. The van der Waals surface area contributed by atoms with Gasteiger partial charge in [0.1, 0.15) is 6.79 Å². The second kappa shape index (κ2) is 2.86. The molecule has 0 unspecified atom stereocenters. The number of hydrogen-bond acceptors (Lipinski definition) is 3. The molecule has 1 aliphatic rings. The van der Waals surface area contributed by atoms with Gasteiger partial charge in [0.15, 0.2) is 0 Å². The highest BCUT2D eigenvalue weighted by molar-refractivity contribution is 4.83. The summed E-state index contributed by atoms with van der Waals surface area (Å²) in [5, 5.41) is 0. The monoisotopic (exact) mass is 145 g/mol. The zero-order chi connectivity index (χ0) is 7.61. The van der Waals surface area contributed by atoms with Crippen LogP contribution < -0.4 is 5.73 Å². The summed E-state index contributed by atoms with van der Waals surface area (Å²) >= 11 is 0. The lowest BCUT2D eigenvalue weighted by Gasteiger charge is -2.36. The van der Waals surface area contributed by atoms with Crippen molar-refractivity contribution in [1.82, 2.24) is 0 Å². The summed E-state index contributed by atoms with van der Waals surface area (Å²) in [6, 6.07) is 0.132. The highest BCUT2D eigenvalue weighted by atomic mass is 16.7. The zero-order valence-corrected chi connectivity index (χ0v) is 6.59. The van der Waals surface area contributed by atoms with Crippen LogP contribution in [0.2, 0.25) is 0 Å². The van der Waals surface area contributed by atoms with Crippen molar-refractivity contribution in [3.05, 3.63) is 0 Å². The smallest absolute Gasteiger partial charge is 0.146 e. The maximum Gasteiger partial charge on any atom is 0.146 e. The number of rotatable bonds is 1. The first-order valence-electron chi connectivity index (χ1n) is 3.56. The van der Waals surface area contributed by atoms with E-state index in [-0.39, 0.29) is 11.5 Å². The molecule has 0 amide bonds. The Morgan fingerprint density at radius 1 is 1.40 bits per heavy atom. The average Bonchev–Trinajstić information content (AvgIpc) is 1.89. The number of hydrogen-bond donors (Lipinski definition) is 1. The van der Waals surface area contributed by atoms with Crippen LogP contribution in [0.5, 0.6) is 0 Å². The van der Waals surface area contributed by atoms with E-state index in [1.54, 1.807) is 0 Å². The fourth-order valence-electron chi connectivity index (χ4n) is 0.913. The molecular weight excluding hydrogens is 130 g/mol. The number of ether oxygens (including phenoxy) is 2. The van der Waals surface area contributed by atoms with Crippen LogP contribution in [0.3, 0.4) is 0 Å². The molecule has 0 aliphatic carbocycles.